The molecule has 1 aromatic carbocycles. The Bertz CT molecular complexity index is 606. The second-order valence-electron chi connectivity index (χ2n) is 5.31. The van der Waals surface area contributed by atoms with Crippen molar-refractivity contribution >= 4 is 5.82 Å². The van der Waals surface area contributed by atoms with Crippen molar-refractivity contribution in [3.05, 3.63) is 35.2 Å². The van der Waals surface area contributed by atoms with Crippen LogP contribution in [-0.4, -0.2) is 9.55 Å². The summed E-state index contributed by atoms with van der Waals surface area (Å²) in [6, 6.07) is 7.00. The molecule has 0 radical (unpaired) electrons. The van der Waals surface area contributed by atoms with E-state index in [-0.39, 0.29) is 0 Å². The van der Waals surface area contributed by atoms with Crippen molar-refractivity contribution in [3.63, 3.8) is 0 Å². The summed E-state index contributed by atoms with van der Waals surface area (Å²) in [5.74, 6) is 1.85. The van der Waals surface area contributed by atoms with E-state index in [1.807, 2.05) is 6.92 Å². The molecule has 0 saturated heterocycles. The molecule has 0 aliphatic heterocycles. The lowest BCUT2D eigenvalue weighted by molar-refractivity contribution is 0.720. The number of imidazole rings is 1. The summed E-state index contributed by atoms with van der Waals surface area (Å²) >= 11 is 0. The minimum Gasteiger partial charge on any atom is -0.383 e. The molecule has 0 bridgehead atoms. The molecule has 1 aromatic heterocycles. The Morgan fingerprint density at radius 2 is 1.94 bits per heavy atom. The summed E-state index contributed by atoms with van der Waals surface area (Å²) in [5.41, 5.74) is 10.9. The van der Waals surface area contributed by atoms with Crippen molar-refractivity contribution in [1.29, 1.82) is 0 Å². The SMILES string of the molecule is Cc1ccc(-c2nc(C)n(C3CC3)c2N)c(C)c1. The van der Waals surface area contributed by atoms with Crippen molar-refractivity contribution in [2.75, 3.05) is 5.73 Å². The Kier molecular flexibility index (Phi) is 2.44. The van der Waals surface area contributed by atoms with E-state index in [2.05, 4.69) is 41.6 Å². The van der Waals surface area contributed by atoms with Gasteiger partial charge in [-0.05, 0) is 39.2 Å². The Morgan fingerprint density at radius 1 is 1.22 bits per heavy atom. The number of nitrogens with two attached hydrogens (primary N) is 1. The third-order valence-corrected chi connectivity index (χ3v) is 3.67. The van der Waals surface area contributed by atoms with Crippen LogP contribution in [0.5, 0.6) is 0 Å². The number of rotatable bonds is 2. The van der Waals surface area contributed by atoms with Crippen molar-refractivity contribution in [2.24, 2.45) is 0 Å². The molecular weight excluding hydrogens is 222 g/mol. The quantitative estimate of drug-likeness (QED) is 0.875. The van der Waals surface area contributed by atoms with E-state index in [1.165, 1.54) is 24.0 Å². The molecule has 2 N–H and O–H groups in total. The fourth-order valence-corrected chi connectivity index (χ4v) is 2.63. The van der Waals surface area contributed by atoms with Crippen molar-refractivity contribution in [3.8, 4) is 11.3 Å². The number of aryl methyl sites for hydroxylation is 3. The number of nitrogens with zero attached hydrogens (tertiary/aromatic N) is 2. The third-order valence-electron chi connectivity index (χ3n) is 3.67. The fourth-order valence-electron chi connectivity index (χ4n) is 2.63. The lowest BCUT2D eigenvalue weighted by Crippen LogP contribution is -2.02. The highest BCUT2D eigenvalue weighted by Crippen LogP contribution is 2.41. The zero-order valence-electron chi connectivity index (χ0n) is 11.2. The van der Waals surface area contributed by atoms with Gasteiger partial charge in [0.05, 0.1) is 0 Å². The van der Waals surface area contributed by atoms with E-state index in [0.29, 0.717) is 6.04 Å². The van der Waals surface area contributed by atoms with E-state index in [9.17, 15) is 0 Å². The van der Waals surface area contributed by atoms with Gasteiger partial charge in [0, 0.05) is 11.6 Å². The van der Waals surface area contributed by atoms with E-state index < -0.39 is 0 Å². The lowest BCUT2D eigenvalue weighted by Gasteiger charge is -2.07. The van der Waals surface area contributed by atoms with Crippen LogP contribution < -0.4 is 5.73 Å². The zero-order chi connectivity index (χ0) is 12.9. The summed E-state index contributed by atoms with van der Waals surface area (Å²) < 4.78 is 2.19. The minimum atomic E-state index is 0.581. The molecule has 1 heterocycles. The van der Waals surface area contributed by atoms with Crippen molar-refractivity contribution < 1.29 is 0 Å². The van der Waals surface area contributed by atoms with Crippen LogP contribution in [0.4, 0.5) is 5.82 Å². The molecule has 0 atom stereocenters. The first-order valence-corrected chi connectivity index (χ1v) is 6.50. The molecule has 3 rings (SSSR count). The van der Waals surface area contributed by atoms with Crippen molar-refractivity contribution in [2.45, 2.75) is 39.7 Å². The van der Waals surface area contributed by atoms with Crippen LogP contribution in [0.15, 0.2) is 18.2 Å². The topological polar surface area (TPSA) is 43.8 Å². The largest absolute Gasteiger partial charge is 0.383 e. The number of benzene rings is 1. The van der Waals surface area contributed by atoms with Gasteiger partial charge in [0.1, 0.15) is 17.3 Å². The van der Waals surface area contributed by atoms with Crippen LogP contribution in [-0.2, 0) is 0 Å². The van der Waals surface area contributed by atoms with Gasteiger partial charge in [-0.3, -0.25) is 0 Å². The maximum Gasteiger partial charge on any atom is 0.131 e. The van der Waals surface area contributed by atoms with Crippen LogP contribution in [0.1, 0.15) is 35.8 Å². The maximum atomic E-state index is 6.28. The molecule has 1 aliphatic carbocycles. The molecule has 1 saturated carbocycles. The van der Waals surface area contributed by atoms with E-state index in [1.54, 1.807) is 0 Å². The molecule has 2 aromatic rings. The summed E-state index contributed by atoms with van der Waals surface area (Å²) in [6.07, 6.45) is 2.46. The highest BCUT2D eigenvalue weighted by atomic mass is 15.2. The number of aromatic nitrogens is 2. The van der Waals surface area contributed by atoms with Crippen LogP contribution >= 0.6 is 0 Å². The monoisotopic (exact) mass is 241 g/mol. The summed E-state index contributed by atoms with van der Waals surface area (Å²) in [6.45, 7) is 6.27. The Labute approximate surface area is 108 Å². The molecule has 1 aliphatic rings. The standard InChI is InChI=1S/C15H19N3/c1-9-4-7-13(10(2)8-9)14-15(16)18(11(3)17-14)12-5-6-12/h4,7-8,12H,5-6,16H2,1-3H3. The molecule has 3 heteroatoms. The van der Waals surface area contributed by atoms with Gasteiger partial charge in [-0.15, -0.1) is 0 Å². The predicted octanol–water partition coefficient (Wildman–Crippen LogP) is 3.39. The molecule has 18 heavy (non-hydrogen) atoms. The fraction of sp³-hybridized carbons (Fsp3) is 0.400. The van der Waals surface area contributed by atoms with Crippen LogP contribution in [0, 0.1) is 20.8 Å². The maximum absolute atomic E-state index is 6.28. The number of hydrogen-bond donors (Lipinski definition) is 1. The smallest absolute Gasteiger partial charge is 0.131 e. The third kappa shape index (κ3) is 1.70. The Balaban J connectivity index is 2.14. The summed E-state index contributed by atoms with van der Waals surface area (Å²) in [4.78, 5) is 4.67. The van der Waals surface area contributed by atoms with Gasteiger partial charge in [0.2, 0.25) is 0 Å². The van der Waals surface area contributed by atoms with Gasteiger partial charge >= 0.3 is 0 Å². The average molecular weight is 241 g/mol. The Hall–Kier alpha value is -1.77. The highest BCUT2D eigenvalue weighted by Gasteiger charge is 2.28. The second kappa shape index (κ2) is 3.87. The van der Waals surface area contributed by atoms with Crippen LogP contribution in [0.3, 0.4) is 0 Å². The molecule has 0 spiro atoms. The molecule has 3 nitrogen and oxygen atoms in total. The summed E-state index contributed by atoms with van der Waals surface area (Å²) in [5, 5.41) is 0. The van der Waals surface area contributed by atoms with E-state index in [4.69, 9.17) is 5.73 Å². The first kappa shape index (κ1) is 11.3. The molecular formula is C15H19N3. The van der Waals surface area contributed by atoms with Crippen molar-refractivity contribution in [1.82, 2.24) is 9.55 Å². The molecule has 1 fully saturated rings. The molecule has 0 amide bonds. The van der Waals surface area contributed by atoms with E-state index in [0.717, 1.165) is 22.9 Å². The number of hydrogen-bond acceptors (Lipinski definition) is 2. The lowest BCUT2D eigenvalue weighted by atomic mass is 10.0. The normalized spacial score (nSPS) is 15.1. The summed E-state index contributed by atoms with van der Waals surface area (Å²) in [7, 11) is 0. The average Bonchev–Trinajstić information content (AvgIpc) is 3.07. The first-order chi connectivity index (χ1) is 8.58. The highest BCUT2D eigenvalue weighted by molar-refractivity contribution is 5.74. The molecule has 0 unspecified atom stereocenters. The number of anilines is 1. The van der Waals surface area contributed by atoms with Gasteiger partial charge in [-0.1, -0.05) is 23.8 Å². The van der Waals surface area contributed by atoms with Crippen LogP contribution in [0.25, 0.3) is 11.3 Å². The first-order valence-electron chi connectivity index (χ1n) is 6.50. The minimum absolute atomic E-state index is 0.581. The van der Waals surface area contributed by atoms with Crippen LogP contribution in [0.2, 0.25) is 0 Å². The van der Waals surface area contributed by atoms with E-state index >= 15 is 0 Å². The van der Waals surface area contributed by atoms with Gasteiger partial charge < -0.3 is 10.3 Å². The molecule has 94 valence electrons. The zero-order valence-corrected chi connectivity index (χ0v) is 11.2. The van der Waals surface area contributed by atoms with Gasteiger partial charge in [0.25, 0.3) is 0 Å². The number of nitrogen functional groups attached to an aromatic ring is 1. The second-order valence-corrected chi connectivity index (χ2v) is 5.31. The van der Waals surface area contributed by atoms with Gasteiger partial charge in [-0.25, -0.2) is 4.98 Å². The predicted molar refractivity (Wildman–Crippen MR) is 74.6 cm³/mol. The van der Waals surface area contributed by atoms with Gasteiger partial charge in [0.15, 0.2) is 0 Å². The Morgan fingerprint density at radius 3 is 2.56 bits per heavy atom. The van der Waals surface area contributed by atoms with Gasteiger partial charge in [-0.2, -0.15) is 0 Å².